The Morgan fingerprint density at radius 2 is 2.35 bits per heavy atom. The van der Waals surface area contributed by atoms with Crippen molar-refractivity contribution in [2.45, 2.75) is 6.42 Å². The number of methoxy groups -OCH3 is 1. The van der Waals surface area contributed by atoms with Crippen molar-refractivity contribution >= 4 is 5.91 Å². The second-order valence-electron chi connectivity index (χ2n) is 3.82. The Morgan fingerprint density at radius 3 is 2.88 bits per heavy atom. The molecule has 2 N–H and O–H groups in total. The first kappa shape index (κ1) is 13.7. The van der Waals surface area contributed by atoms with Crippen LogP contribution in [0.25, 0.3) is 0 Å². The van der Waals surface area contributed by atoms with Gasteiger partial charge in [-0.2, -0.15) is 0 Å². The van der Waals surface area contributed by atoms with Crippen LogP contribution in [0.3, 0.4) is 0 Å². The Hall–Kier alpha value is -1.40. The van der Waals surface area contributed by atoms with Gasteiger partial charge in [-0.15, -0.1) is 0 Å². The lowest BCUT2D eigenvalue weighted by Gasteiger charge is -2.22. The molecule has 1 rings (SSSR count). The number of amides is 1. The fourth-order valence-corrected chi connectivity index (χ4v) is 1.52. The molecule has 1 aromatic heterocycles. The molecule has 0 unspecified atom stereocenters. The molecular weight excluding hydrogens is 220 g/mol. The fraction of sp³-hybridized carbons (Fsp3) is 0.636. The average Bonchev–Trinajstić information content (AvgIpc) is 2.75. The molecule has 0 aromatic carbocycles. The van der Waals surface area contributed by atoms with E-state index in [9.17, 15) is 4.79 Å². The van der Waals surface area contributed by atoms with Crippen LogP contribution in [0, 0.1) is 0 Å². The number of nitrogens with zero attached hydrogens (tertiary/aromatic N) is 3. The lowest BCUT2D eigenvalue weighted by Crippen LogP contribution is -2.36. The fourth-order valence-electron chi connectivity index (χ4n) is 1.52. The summed E-state index contributed by atoms with van der Waals surface area (Å²) in [7, 11) is 3.42. The highest BCUT2D eigenvalue weighted by Gasteiger charge is 2.17. The van der Waals surface area contributed by atoms with Crippen LogP contribution in [-0.2, 0) is 11.8 Å². The Morgan fingerprint density at radius 1 is 1.59 bits per heavy atom. The molecule has 0 aliphatic rings. The second kappa shape index (κ2) is 7.03. The number of carbonyl (C=O) groups excluding carboxylic acids is 1. The number of nitrogens with two attached hydrogens (primary N) is 1. The zero-order chi connectivity index (χ0) is 12.7. The molecule has 6 nitrogen and oxygen atoms in total. The van der Waals surface area contributed by atoms with Crippen LogP contribution in [-0.4, -0.2) is 53.7 Å². The van der Waals surface area contributed by atoms with Crippen molar-refractivity contribution < 1.29 is 9.53 Å². The monoisotopic (exact) mass is 240 g/mol. The second-order valence-corrected chi connectivity index (χ2v) is 3.82. The van der Waals surface area contributed by atoms with E-state index in [1.165, 1.54) is 0 Å². The van der Waals surface area contributed by atoms with Gasteiger partial charge in [0.25, 0.3) is 5.91 Å². The Balaban J connectivity index is 2.68. The summed E-state index contributed by atoms with van der Waals surface area (Å²) in [5.74, 6) is -0.0319. The zero-order valence-corrected chi connectivity index (χ0v) is 10.4. The van der Waals surface area contributed by atoms with Crippen molar-refractivity contribution in [3.05, 3.63) is 18.2 Å². The largest absolute Gasteiger partial charge is 0.383 e. The predicted octanol–water partition coefficient (Wildman–Crippen LogP) is -0.142. The minimum Gasteiger partial charge on any atom is -0.383 e. The molecule has 0 saturated heterocycles. The minimum atomic E-state index is -0.0319. The lowest BCUT2D eigenvalue weighted by atomic mass is 10.3. The van der Waals surface area contributed by atoms with Crippen molar-refractivity contribution in [1.29, 1.82) is 0 Å². The van der Waals surface area contributed by atoms with E-state index in [0.717, 1.165) is 6.42 Å². The summed E-state index contributed by atoms with van der Waals surface area (Å²) >= 11 is 0. The van der Waals surface area contributed by atoms with Gasteiger partial charge in [-0.05, 0) is 13.0 Å². The van der Waals surface area contributed by atoms with Crippen LogP contribution in [0.15, 0.2) is 12.5 Å². The van der Waals surface area contributed by atoms with Crippen LogP contribution in [0.2, 0.25) is 0 Å². The van der Waals surface area contributed by atoms with Gasteiger partial charge in [0.15, 0.2) is 0 Å². The summed E-state index contributed by atoms with van der Waals surface area (Å²) in [5.41, 5.74) is 6.05. The number of hydrogen-bond acceptors (Lipinski definition) is 4. The van der Waals surface area contributed by atoms with Crippen LogP contribution < -0.4 is 5.73 Å². The molecule has 0 spiro atoms. The first-order chi connectivity index (χ1) is 8.20. The van der Waals surface area contributed by atoms with Gasteiger partial charge < -0.3 is 19.9 Å². The number of hydrogen-bond donors (Lipinski definition) is 1. The van der Waals surface area contributed by atoms with E-state index in [1.54, 1.807) is 36.1 Å². The highest BCUT2D eigenvalue weighted by atomic mass is 16.5. The molecule has 0 aliphatic heterocycles. The molecule has 6 heteroatoms. The summed E-state index contributed by atoms with van der Waals surface area (Å²) < 4.78 is 6.72. The van der Waals surface area contributed by atoms with Crippen LogP contribution in [0.5, 0.6) is 0 Å². The van der Waals surface area contributed by atoms with Gasteiger partial charge in [-0.3, -0.25) is 4.79 Å². The molecule has 0 radical (unpaired) electrons. The van der Waals surface area contributed by atoms with Crippen molar-refractivity contribution in [3.63, 3.8) is 0 Å². The van der Waals surface area contributed by atoms with Gasteiger partial charge in [0.05, 0.1) is 19.1 Å². The third-order valence-corrected chi connectivity index (χ3v) is 2.52. The highest BCUT2D eigenvalue weighted by molar-refractivity contribution is 5.92. The van der Waals surface area contributed by atoms with Crippen LogP contribution >= 0.6 is 0 Å². The normalized spacial score (nSPS) is 10.5. The van der Waals surface area contributed by atoms with Gasteiger partial charge in [-0.1, -0.05) is 0 Å². The molecule has 0 saturated carbocycles. The third-order valence-electron chi connectivity index (χ3n) is 2.52. The standard InChI is InChI=1S/C11H20N4O2/c1-14-9-13-8-10(14)11(16)15(5-3-4-12)6-7-17-2/h8-9H,3-7,12H2,1-2H3. The zero-order valence-electron chi connectivity index (χ0n) is 10.4. The van der Waals surface area contributed by atoms with Crippen molar-refractivity contribution in [2.75, 3.05) is 33.4 Å². The van der Waals surface area contributed by atoms with E-state index in [4.69, 9.17) is 10.5 Å². The molecule has 0 fully saturated rings. The third kappa shape index (κ3) is 3.83. The van der Waals surface area contributed by atoms with Crippen molar-refractivity contribution in [3.8, 4) is 0 Å². The van der Waals surface area contributed by atoms with E-state index >= 15 is 0 Å². The number of aromatic nitrogens is 2. The van der Waals surface area contributed by atoms with Gasteiger partial charge >= 0.3 is 0 Å². The number of rotatable bonds is 7. The molecular formula is C11H20N4O2. The smallest absolute Gasteiger partial charge is 0.272 e. The van der Waals surface area contributed by atoms with E-state index in [1.807, 2.05) is 0 Å². The number of aryl methyl sites for hydroxylation is 1. The van der Waals surface area contributed by atoms with E-state index in [-0.39, 0.29) is 5.91 Å². The maximum Gasteiger partial charge on any atom is 0.272 e. The SMILES string of the molecule is COCCN(CCCN)C(=O)c1cncn1C. The van der Waals surface area contributed by atoms with Crippen molar-refractivity contribution in [1.82, 2.24) is 14.5 Å². The van der Waals surface area contributed by atoms with Gasteiger partial charge in [0.2, 0.25) is 0 Å². The first-order valence-corrected chi connectivity index (χ1v) is 5.65. The molecule has 1 amide bonds. The predicted molar refractivity (Wildman–Crippen MR) is 64.7 cm³/mol. The number of ether oxygens (including phenoxy) is 1. The molecule has 96 valence electrons. The van der Waals surface area contributed by atoms with Crippen LogP contribution in [0.1, 0.15) is 16.9 Å². The van der Waals surface area contributed by atoms with E-state index in [0.29, 0.717) is 31.9 Å². The Labute approximate surface area is 101 Å². The van der Waals surface area contributed by atoms with E-state index in [2.05, 4.69) is 4.98 Å². The van der Waals surface area contributed by atoms with Gasteiger partial charge in [0.1, 0.15) is 5.69 Å². The molecule has 1 aromatic rings. The molecule has 0 atom stereocenters. The summed E-state index contributed by atoms with van der Waals surface area (Å²) in [6, 6.07) is 0. The summed E-state index contributed by atoms with van der Waals surface area (Å²) in [6.07, 6.45) is 3.97. The average molecular weight is 240 g/mol. The summed E-state index contributed by atoms with van der Waals surface area (Å²) in [4.78, 5) is 17.9. The van der Waals surface area contributed by atoms with Gasteiger partial charge in [0, 0.05) is 27.2 Å². The van der Waals surface area contributed by atoms with Crippen LogP contribution in [0.4, 0.5) is 0 Å². The molecule has 0 aliphatic carbocycles. The summed E-state index contributed by atoms with van der Waals surface area (Å²) in [6.45, 7) is 2.31. The molecule has 0 bridgehead atoms. The Kier molecular flexibility index (Phi) is 5.65. The number of imidazole rings is 1. The quantitative estimate of drug-likeness (QED) is 0.720. The summed E-state index contributed by atoms with van der Waals surface area (Å²) in [5, 5.41) is 0. The number of carbonyl (C=O) groups is 1. The van der Waals surface area contributed by atoms with Gasteiger partial charge in [-0.25, -0.2) is 4.98 Å². The first-order valence-electron chi connectivity index (χ1n) is 5.65. The lowest BCUT2D eigenvalue weighted by molar-refractivity contribution is 0.0685. The topological polar surface area (TPSA) is 73.4 Å². The van der Waals surface area contributed by atoms with E-state index < -0.39 is 0 Å². The molecule has 1 heterocycles. The minimum absolute atomic E-state index is 0.0319. The maximum atomic E-state index is 12.2. The maximum absolute atomic E-state index is 12.2. The highest BCUT2D eigenvalue weighted by Crippen LogP contribution is 2.04. The Bertz CT molecular complexity index is 343. The van der Waals surface area contributed by atoms with Crippen molar-refractivity contribution in [2.24, 2.45) is 12.8 Å². The molecule has 17 heavy (non-hydrogen) atoms.